The fourth-order valence-corrected chi connectivity index (χ4v) is 1.86. The third-order valence-corrected chi connectivity index (χ3v) is 3.50. The van der Waals surface area contributed by atoms with Crippen LogP contribution in [0.25, 0.3) is 0 Å². The maximum atomic E-state index is 11.1. The molecular formula is C12H24N2O. The van der Waals surface area contributed by atoms with Gasteiger partial charge in [0, 0.05) is 39.6 Å². The van der Waals surface area contributed by atoms with Gasteiger partial charge in [-0.2, -0.15) is 0 Å². The van der Waals surface area contributed by atoms with Crippen molar-refractivity contribution in [2.24, 2.45) is 11.8 Å². The van der Waals surface area contributed by atoms with Crippen molar-refractivity contribution < 1.29 is 4.79 Å². The summed E-state index contributed by atoms with van der Waals surface area (Å²) in [6, 6.07) is 0. The lowest BCUT2D eigenvalue weighted by Crippen LogP contribution is -2.49. The molecule has 1 aliphatic rings. The van der Waals surface area contributed by atoms with Crippen LogP contribution < -0.4 is 0 Å². The molecule has 1 atom stereocenters. The summed E-state index contributed by atoms with van der Waals surface area (Å²) in [5.74, 6) is 1.70. The molecule has 15 heavy (non-hydrogen) atoms. The van der Waals surface area contributed by atoms with Crippen molar-refractivity contribution in [3.63, 3.8) is 0 Å². The first kappa shape index (κ1) is 12.5. The van der Waals surface area contributed by atoms with Gasteiger partial charge in [0.2, 0.25) is 5.91 Å². The Morgan fingerprint density at radius 2 is 1.67 bits per heavy atom. The van der Waals surface area contributed by atoms with E-state index in [1.165, 1.54) is 6.54 Å². The molecule has 3 nitrogen and oxygen atoms in total. The Kier molecular flexibility index (Phi) is 4.58. The highest BCUT2D eigenvalue weighted by atomic mass is 16.2. The van der Waals surface area contributed by atoms with E-state index in [-0.39, 0.29) is 5.91 Å². The highest BCUT2D eigenvalue weighted by molar-refractivity contribution is 5.73. The predicted molar refractivity (Wildman–Crippen MR) is 62.7 cm³/mol. The summed E-state index contributed by atoms with van der Waals surface area (Å²) < 4.78 is 0. The number of piperazine rings is 1. The van der Waals surface area contributed by atoms with Gasteiger partial charge in [-0.15, -0.1) is 0 Å². The average Bonchev–Trinajstić information content (AvgIpc) is 2.18. The molecule has 1 rings (SSSR count). The third-order valence-electron chi connectivity index (χ3n) is 3.50. The molecule has 0 aromatic rings. The summed E-state index contributed by atoms with van der Waals surface area (Å²) in [5.41, 5.74) is 0. The summed E-state index contributed by atoms with van der Waals surface area (Å²) >= 11 is 0. The van der Waals surface area contributed by atoms with Gasteiger partial charge in [-0.05, 0) is 11.8 Å². The van der Waals surface area contributed by atoms with Gasteiger partial charge >= 0.3 is 0 Å². The zero-order valence-corrected chi connectivity index (χ0v) is 10.5. The zero-order valence-electron chi connectivity index (χ0n) is 10.5. The molecule has 0 radical (unpaired) electrons. The smallest absolute Gasteiger partial charge is 0.219 e. The summed E-state index contributed by atoms with van der Waals surface area (Å²) in [4.78, 5) is 15.6. The lowest BCUT2D eigenvalue weighted by atomic mass is 9.97. The molecule has 3 heteroatoms. The van der Waals surface area contributed by atoms with Crippen LogP contribution in [0.4, 0.5) is 0 Å². The van der Waals surface area contributed by atoms with Crippen molar-refractivity contribution in [3.8, 4) is 0 Å². The maximum Gasteiger partial charge on any atom is 0.219 e. The summed E-state index contributed by atoms with van der Waals surface area (Å²) in [5, 5.41) is 0. The van der Waals surface area contributed by atoms with E-state index in [0.29, 0.717) is 0 Å². The third kappa shape index (κ3) is 3.82. The van der Waals surface area contributed by atoms with Gasteiger partial charge in [0.05, 0.1) is 0 Å². The van der Waals surface area contributed by atoms with E-state index < -0.39 is 0 Å². The lowest BCUT2D eigenvalue weighted by molar-refractivity contribution is -0.130. The van der Waals surface area contributed by atoms with Crippen LogP contribution in [-0.2, 0) is 4.79 Å². The fraction of sp³-hybridized carbons (Fsp3) is 0.917. The minimum atomic E-state index is 0.214. The van der Waals surface area contributed by atoms with Crippen molar-refractivity contribution in [3.05, 3.63) is 0 Å². The van der Waals surface area contributed by atoms with Crippen LogP contribution >= 0.6 is 0 Å². The van der Waals surface area contributed by atoms with E-state index in [1.807, 2.05) is 4.90 Å². The van der Waals surface area contributed by atoms with E-state index in [9.17, 15) is 4.79 Å². The van der Waals surface area contributed by atoms with E-state index in [4.69, 9.17) is 0 Å². The van der Waals surface area contributed by atoms with Crippen LogP contribution in [-0.4, -0.2) is 48.4 Å². The van der Waals surface area contributed by atoms with E-state index in [1.54, 1.807) is 6.92 Å². The molecule has 88 valence electrons. The van der Waals surface area contributed by atoms with Crippen LogP contribution in [0.2, 0.25) is 0 Å². The molecule has 0 bridgehead atoms. The van der Waals surface area contributed by atoms with Crippen molar-refractivity contribution in [1.29, 1.82) is 0 Å². The molecule has 1 saturated heterocycles. The Hall–Kier alpha value is -0.570. The normalized spacial score (nSPS) is 20.7. The van der Waals surface area contributed by atoms with E-state index in [2.05, 4.69) is 25.7 Å². The molecule has 1 aliphatic heterocycles. The van der Waals surface area contributed by atoms with Crippen molar-refractivity contribution in [1.82, 2.24) is 9.80 Å². The summed E-state index contributed by atoms with van der Waals surface area (Å²) in [6.45, 7) is 13.6. The Balaban J connectivity index is 2.28. The Bertz CT molecular complexity index is 208. The topological polar surface area (TPSA) is 23.6 Å². The van der Waals surface area contributed by atoms with Crippen molar-refractivity contribution in [2.75, 3.05) is 32.7 Å². The average molecular weight is 212 g/mol. The van der Waals surface area contributed by atoms with Gasteiger partial charge in [-0.3, -0.25) is 9.69 Å². The first-order valence-corrected chi connectivity index (χ1v) is 5.98. The molecular weight excluding hydrogens is 188 g/mol. The number of amides is 1. The van der Waals surface area contributed by atoms with Crippen LogP contribution in [0.3, 0.4) is 0 Å². The van der Waals surface area contributed by atoms with Gasteiger partial charge in [0.15, 0.2) is 0 Å². The van der Waals surface area contributed by atoms with Crippen LogP contribution in [0, 0.1) is 11.8 Å². The van der Waals surface area contributed by atoms with E-state index >= 15 is 0 Å². The first-order chi connectivity index (χ1) is 7.00. The molecule has 0 aromatic carbocycles. The molecule has 1 fully saturated rings. The molecule has 1 amide bonds. The van der Waals surface area contributed by atoms with E-state index in [0.717, 1.165) is 38.0 Å². The minimum Gasteiger partial charge on any atom is -0.340 e. The molecule has 0 saturated carbocycles. The highest BCUT2D eigenvalue weighted by Crippen LogP contribution is 2.13. The summed E-state index contributed by atoms with van der Waals surface area (Å²) in [7, 11) is 0. The number of carbonyl (C=O) groups is 1. The highest BCUT2D eigenvalue weighted by Gasteiger charge is 2.20. The second kappa shape index (κ2) is 5.50. The predicted octanol–water partition coefficient (Wildman–Crippen LogP) is 1.44. The van der Waals surface area contributed by atoms with Crippen LogP contribution in [0.5, 0.6) is 0 Å². The first-order valence-electron chi connectivity index (χ1n) is 5.98. The van der Waals surface area contributed by atoms with Gasteiger partial charge in [-0.1, -0.05) is 20.8 Å². The molecule has 0 aromatic heterocycles. The minimum absolute atomic E-state index is 0.214. The second-order valence-electron chi connectivity index (χ2n) is 5.03. The Labute approximate surface area is 93.4 Å². The zero-order chi connectivity index (χ0) is 11.4. The second-order valence-corrected chi connectivity index (χ2v) is 5.03. The molecule has 0 aliphatic carbocycles. The Morgan fingerprint density at radius 1 is 1.13 bits per heavy atom. The number of hydrogen-bond donors (Lipinski definition) is 0. The van der Waals surface area contributed by atoms with Gasteiger partial charge in [0.25, 0.3) is 0 Å². The van der Waals surface area contributed by atoms with Crippen molar-refractivity contribution >= 4 is 5.91 Å². The fourth-order valence-electron chi connectivity index (χ4n) is 1.86. The van der Waals surface area contributed by atoms with Crippen molar-refractivity contribution in [2.45, 2.75) is 27.7 Å². The van der Waals surface area contributed by atoms with Gasteiger partial charge in [0.1, 0.15) is 0 Å². The number of hydrogen-bond acceptors (Lipinski definition) is 2. The van der Waals surface area contributed by atoms with Gasteiger partial charge < -0.3 is 4.90 Å². The quantitative estimate of drug-likeness (QED) is 0.707. The number of rotatable bonds is 3. The molecule has 0 spiro atoms. The molecule has 0 N–H and O–H groups in total. The number of nitrogens with zero attached hydrogens (tertiary/aromatic N) is 2. The largest absolute Gasteiger partial charge is 0.340 e. The SMILES string of the molecule is CC(=O)N1CCN(CC(C)C(C)C)CC1. The lowest BCUT2D eigenvalue weighted by Gasteiger charge is -2.36. The monoisotopic (exact) mass is 212 g/mol. The summed E-state index contributed by atoms with van der Waals surface area (Å²) in [6.07, 6.45) is 0. The standard InChI is InChI=1S/C12H24N2O/c1-10(2)11(3)9-13-5-7-14(8-6-13)12(4)15/h10-11H,5-9H2,1-4H3. The molecule has 1 heterocycles. The van der Waals surface area contributed by atoms with Crippen LogP contribution in [0.1, 0.15) is 27.7 Å². The Morgan fingerprint density at radius 3 is 2.07 bits per heavy atom. The van der Waals surface area contributed by atoms with Crippen LogP contribution in [0.15, 0.2) is 0 Å². The van der Waals surface area contributed by atoms with Gasteiger partial charge in [-0.25, -0.2) is 0 Å². The number of carbonyl (C=O) groups excluding carboxylic acids is 1. The maximum absolute atomic E-state index is 11.1. The molecule has 1 unspecified atom stereocenters.